The normalized spacial score (nSPS) is 50.0. The first kappa shape index (κ1) is 39.0. The van der Waals surface area contributed by atoms with Crippen LogP contribution in [0, 0.1) is 0 Å². The molecule has 3 heterocycles. The van der Waals surface area contributed by atoms with Gasteiger partial charge in [0.2, 0.25) is 0 Å². The fraction of sp³-hybridized carbons (Fsp3) is 1.00. The number of nitrogens with two attached hydrogens (primary N) is 6. The van der Waals surface area contributed by atoms with E-state index < -0.39 is 129 Å². The van der Waals surface area contributed by atoms with E-state index in [1.807, 2.05) is 0 Å². The quantitative estimate of drug-likeness (QED) is 0.0854. The van der Waals surface area contributed by atoms with Crippen LogP contribution in [-0.2, 0) is 28.4 Å². The Morgan fingerprint density at radius 1 is 0.638 bits per heavy atom. The van der Waals surface area contributed by atoms with E-state index >= 15 is 0 Å². The minimum atomic E-state index is -1.65. The number of hydrogen-bond acceptors (Lipinski definition) is 21. The third-order valence-corrected chi connectivity index (χ3v) is 9.21. The maximum atomic E-state index is 11.5. The van der Waals surface area contributed by atoms with Crippen molar-refractivity contribution in [1.29, 1.82) is 0 Å². The second-order valence-electron chi connectivity index (χ2n) is 12.5. The van der Waals surface area contributed by atoms with Crippen molar-refractivity contribution in [2.45, 2.75) is 129 Å². The smallest absolute Gasteiger partial charge is 0.187 e. The van der Waals surface area contributed by atoms with Gasteiger partial charge in [-0.3, -0.25) is 0 Å². The summed E-state index contributed by atoms with van der Waals surface area (Å²) in [4.78, 5) is 0. The molecule has 21 heteroatoms. The van der Waals surface area contributed by atoms with Gasteiger partial charge < -0.3 is 109 Å². The lowest BCUT2D eigenvalue weighted by atomic mass is 9.83. The van der Waals surface area contributed by atoms with Crippen molar-refractivity contribution in [2.75, 3.05) is 32.8 Å². The third-order valence-electron chi connectivity index (χ3n) is 9.21. The predicted octanol–water partition coefficient (Wildman–Crippen LogP) is -9.94. The molecule has 0 bridgehead atoms. The highest BCUT2D eigenvalue weighted by molar-refractivity contribution is 5.03. The first-order valence-corrected chi connectivity index (χ1v) is 15.7. The van der Waals surface area contributed by atoms with Crippen LogP contribution in [0.25, 0.3) is 0 Å². The number of aliphatic hydroxyl groups is 8. The molecule has 0 amide bonds. The largest absolute Gasteiger partial charge is 0.394 e. The molecular formula is C26H53N7O14. The molecule has 21 nitrogen and oxygen atoms in total. The zero-order chi connectivity index (χ0) is 34.7. The van der Waals surface area contributed by atoms with Gasteiger partial charge in [0.15, 0.2) is 18.9 Å². The minimum Gasteiger partial charge on any atom is -0.394 e. The van der Waals surface area contributed by atoms with Crippen molar-refractivity contribution in [3.63, 3.8) is 0 Å². The van der Waals surface area contributed by atoms with Crippen LogP contribution in [0.15, 0.2) is 0 Å². The van der Waals surface area contributed by atoms with E-state index in [0.29, 0.717) is 0 Å². The molecule has 4 fully saturated rings. The van der Waals surface area contributed by atoms with Gasteiger partial charge in [0.05, 0.1) is 30.9 Å². The molecule has 2 unspecified atom stereocenters. The first-order chi connectivity index (χ1) is 22.3. The van der Waals surface area contributed by atoms with Crippen molar-refractivity contribution in [3.8, 4) is 0 Å². The summed E-state index contributed by atoms with van der Waals surface area (Å²) in [6.45, 7) is -1.09. The van der Waals surface area contributed by atoms with Crippen LogP contribution in [0.1, 0.15) is 6.42 Å². The predicted molar refractivity (Wildman–Crippen MR) is 157 cm³/mol. The topological polar surface area (TPSA) is 385 Å². The Bertz CT molecular complexity index is 966. The monoisotopic (exact) mass is 687 g/mol. The van der Waals surface area contributed by atoms with E-state index in [1.165, 1.54) is 0 Å². The fourth-order valence-corrected chi connectivity index (χ4v) is 6.28. The van der Waals surface area contributed by atoms with Gasteiger partial charge in [-0.15, -0.1) is 0 Å². The molecule has 0 spiro atoms. The van der Waals surface area contributed by atoms with Gasteiger partial charge in [-0.1, -0.05) is 0 Å². The van der Waals surface area contributed by atoms with Gasteiger partial charge >= 0.3 is 0 Å². The van der Waals surface area contributed by atoms with E-state index in [1.54, 1.807) is 0 Å². The van der Waals surface area contributed by atoms with Crippen molar-refractivity contribution < 1.29 is 69.3 Å². The Balaban J connectivity index is 1.55. The van der Waals surface area contributed by atoms with Crippen LogP contribution in [0.4, 0.5) is 0 Å². The number of ether oxygens (including phenoxy) is 6. The van der Waals surface area contributed by atoms with Crippen LogP contribution in [-0.4, -0.2) is 196 Å². The zero-order valence-electron chi connectivity index (χ0n) is 25.8. The van der Waals surface area contributed by atoms with Crippen LogP contribution in [0.2, 0.25) is 0 Å². The summed E-state index contributed by atoms with van der Waals surface area (Å²) in [6, 6.07) is -4.21. The lowest BCUT2D eigenvalue weighted by molar-refractivity contribution is -0.307. The Labute approximate surface area is 270 Å². The number of aliphatic hydroxyl groups excluding tert-OH is 8. The Kier molecular flexibility index (Phi) is 14.0. The van der Waals surface area contributed by atoms with E-state index in [2.05, 4.69) is 5.32 Å². The zero-order valence-corrected chi connectivity index (χ0v) is 25.8. The summed E-state index contributed by atoms with van der Waals surface area (Å²) < 4.78 is 35.1. The molecule has 3 saturated heterocycles. The van der Waals surface area contributed by atoms with Crippen molar-refractivity contribution in [3.05, 3.63) is 0 Å². The molecule has 3 aliphatic heterocycles. The van der Waals surface area contributed by atoms with E-state index in [9.17, 15) is 40.9 Å². The molecule has 1 saturated carbocycles. The fourth-order valence-electron chi connectivity index (χ4n) is 6.28. The summed E-state index contributed by atoms with van der Waals surface area (Å²) in [6.07, 6.45) is -21.2. The molecule has 0 aromatic carbocycles. The molecule has 21 N–H and O–H groups in total. The SMILES string of the molecule is NCC(O)CN[C@@H]1C[C@H](N)[C@@H](O[C@H]2O[C@H](CN)[C@@H](O)[C@@H](O)[C@H]2N)C(O[C@@H]2O[C@H](CO)[C@@H](O[C@H]3O[C@@H](CN)[C@@H](O)[C@H](O)[C@H]3N)[C@H]2O)[C@H]1O. The van der Waals surface area contributed by atoms with Crippen molar-refractivity contribution in [1.82, 2.24) is 5.32 Å². The molecule has 0 aromatic rings. The van der Waals surface area contributed by atoms with Gasteiger partial charge in [-0.25, -0.2) is 0 Å². The van der Waals surface area contributed by atoms with Gasteiger partial charge in [0, 0.05) is 38.3 Å². The maximum Gasteiger partial charge on any atom is 0.187 e. The van der Waals surface area contributed by atoms with Gasteiger partial charge in [-0.05, 0) is 6.42 Å². The van der Waals surface area contributed by atoms with Crippen molar-refractivity contribution >= 4 is 0 Å². The van der Waals surface area contributed by atoms with Gasteiger partial charge in [0.25, 0.3) is 0 Å². The molecule has 0 radical (unpaired) electrons. The summed E-state index contributed by atoms with van der Waals surface area (Å²) in [5.74, 6) is 0. The summed E-state index contributed by atoms with van der Waals surface area (Å²) in [5.41, 5.74) is 35.4. The molecule has 4 aliphatic rings. The molecule has 1 aliphatic carbocycles. The second-order valence-corrected chi connectivity index (χ2v) is 12.5. The molecule has 0 aromatic heterocycles. The lowest BCUT2D eigenvalue weighted by Gasteiger charge is -2.48. The van der Waals surface area contributed by atoms with E-state index in [4.69, 9.17) is 62.8 Å². The van der Waals surface area contributed by atoms with Gasteiger partial charge in [0.1, 0.15) is 67.1 Å². The van der Waals surface area contributed by atoms with Crippen LogP contribution >= 0.6 is 0 Å². The molecule has 4 rings (SSSR count). The van der Waals surface area contributed by atoms with Gasteiger partial charge in [-0.2, -0.15) is 0 Å². The maximum absolute atomic E-state index is 11.5. The van der Waals surface area contributed by atoms with Crippen LogP contribution in [0.5, 0.6) is 0 Å². The highest BCUT2D eigenvalue weighted by Crippen LogP contribution is 2.34. The molecular weight excluding hydrogens is 634 g/mol. The van der Waals surface area contributed by atoms with Crippen LogP contribution in [0.3, 0.4) is 0 Å². The van der Waals surface area contributed by atoms with Crippen LogP contribution < -0.4 is 39.7 Å². The molecule has 20 atom stereocenters. The third kappa shape index (κ3) is 8.39. The highest BCUT2D eigenvalue weighted by Gasteiger charge is 2.54. The Morgan fingerprint density at radius 3 is 1.62 bits per heavy atom. The first-order valence-electron chi connectivity index (χ1n) is 15.7. The molecule has 47 heavy (non-hydrogen) atoms. The Morgan fingerprint density at radius 2 is 1.13 bits per heavy atom. The average molecular weight is 688 g/mol. The number of hydrogen-bond donors (Lipinski definition) is 15. The standard InChI is InChI=1S/C26H53N7O14/c27-2-7(35)5-33-9-1-8(30)21(45-24-13(31)18(39)16(37)10(3-28)42-24)23(15(9)36)47-26-20(41)22(12(6-34)44-26)46-25-14(32)19(40)17(38)11(4-29)43-25/h7-26,33-41H,1-6,27-32H2/t7?,8-,9+,10+,11-,12+,13+,14+,15-,16+,17+,18-,19+,20+,21+,22+,23?,24+,25+,26-/m0/s1. The summed E-state index contributed by atoms with van der Waals surface area (Å²) >= 11 is 0. The minimum absolute atomic E-state index is 0.000891. The Hall–Kier alpha value is -0.840. The lowest BCUT2D eigenvalue weighted by Crippen LogP contribution is -2.68. The number of nitrogens with one attached hydrogen (secondary N) is 1. The summed E-state index contributed by atoms with van der Waals surface area (Å²) in [5, 5.41) is 87.1. The van der Waals surface area contributed by atoms with E-state index in [0.717, 1.165) is 0 Å². The highest BCUT2D eigenvalue weighted by atomic mass is 16.8. The van der Waals surface area contributed by atoms with E-state index in [-0.39, 0.29) is 32.6 Å². The summed E-state index contributed by atoms with van der Waals surface area (Å²) in [7, 11) is 0. The molecule has 276 valence electrons. The number of rotatable bonds is 13. The average Bonchev–Trinajstić information content (AvgIpc) is 3.36. The second kappa shape index (κ2) is 16.9. The van der Waals surface area contributed by atoms with Crippen molar-refractivity contribution in [2.24, 2.45) is 34.4 Å².